The van der Waals surface area contributed by atoms with Crippen LogP contribution in [0.1, 0.15) is 18.4 Å². The Labute approximate surface area is 133 Å². The largest absolute Gasteiger partial charge is 0.376 e. The zero-order valence-corrected chi connectivity index (χ0v) is 13.5. The summed E-state index contributed by atoms with van der Waals surface area (Å²) in [4.78, 5) is 9.26. The van der Waals surface area contributed by atoms with E-state index in [1.54, 1.807) is 0 Å². The highest BCUT2D eigenvalue weighted by atomic mass is 16.6. The summed E-state index contributed by atoms with van der Waals surface area (Å²) in [6, 6.07) is 2.14. The number of ether oxygens (including phenoxy) is 2. The third kappa shape index (κ3) is 4.18. The van der Waals surface area contributed by atoms with Gasteiger partial charge in [-0.1, -0.05) is 0 Å². The highest BCUT2D eigenvalue weighted by Crippen LogP contribution is 2.20. The van der Waals surface area contributed by atoms with Gasteiger partial charge >= 0.3 is 0 Å². The Balaban J connectivity index is 1.48. The lowest BCUT2D eigenvalue weighted by Gasteiger charge is -2.27. The van der Waals surface area contributed by atoms with Gasteiger partial charge < -0.3 is 19.3 Å². The normalized spacial score (nSPS) is 24.2. The zero-order chi connectivity index (χ0) is 15.2. The average molecular weight is 305 g/mol. The fraction of sp³-hybridized carbons (Fsp3) is 0.706. The van der Waals surface area contributed by atoms with Crippen molar-refractivity contribution in [1.82, 2.24) is 9.88 Å². The number of aryl methyl sites for hydroxylation is 1. The maximum absolute atomic E-state index is 5.74. The van der Waals surface area contributed by atoms with E-state index in [1.807, 2.05) is 12.4 Å². The quantitative estimate of drug-likeness (QED) is 0.846. The molecule has 0 bridgehead atoms. The van der Waals surface area contributed by atoms with Crippen molar-refractivity contribution in [3.05, 3.63) is 24.0 Å². The number of hydrogen-bond donors (Lipinski definition) is 0. The van der Waals surface area contributed by atoms with Gasteiger partial charge in [0, 0.05) is 44.3 Å². The Hall–Kier alpha value is -1.17. The van der Waals surface area contributed by atoms with E-state index in [1.165, 1.54) is 24.2 Å². The molecule has 0 N–H and O–H groups in total. The second-order valence-electron chi connectivity index (χ2n) is 6.20. The van der Waals surface area contributed by atoms with Crippen molar-refractivity contribution in [3.8, 4) is 0 Å². The van der Waals surface area contributed by atoms with Gasteiger partial charge in [0.15, 0.2) is 0 Å². The molecule has 2 saturated heterocycles. The minimum atomic E-state index is 0.288. The van der Waals surface area contributed by atoms with Crippen LogP contribution in [0.25, 0.3) is 0 Å². The molecule has 5 heteroatoms. The Bertz CT molecular complexity index is 463. The molecular weight excluding hydrogens is 278 g/mol. The van der Waals surface area contributed by atoms with Crippen LogP contribution in [-0.4, -0.2) is 68.5 Å². The molecule has 0 aliphatic carbocycles. The van der Waals surface area contributed by atoms with Crippen LogP contribution in [0, 0.1) is 6.92 Å². The topological polar surface area (TPSA) is 37.8 Å². The highest BCUT2D eigenvalue weighted by Gasteiger charge is 2.19. The number of rotatable bonds is 4. The summed E-state index contributed by atoms with van der Waals surface area (Å²) in [6.07, 6.45) is 6.43. The smallest absolute Gasteiger partial charge is 0.0821 e. The molecule has 2 aliphatic heterocycles. The van der Waals surface area contributed by atoms with E-state index < -0.39 is 0 Å². The Morgan fingerprint density at radius 1 is 1.23 bits per heavy atom. The number of anilines is 1. The Kier molecular flexibility index (Phi) is 5.64. The summed E-state index contributed by atoms with van der Waals surface area (Å²) in [6.45, 7) is 10.0. The molecular formula is C17H27N3O2. The summed E-state index contributed by atoms with van der Waals surface area (Å²) in [5, 5.41) is 0. The summed E-state index contributed by atoms with van der Waals surface area (Å²) in [7, 11) is 0. The van der Waals surface area contributed by atoms with Crippen molar-refractivity contribution in [2.45, 2.75) is 25.9 Å². The van der Waals surface area contributed by atoms with Crippen molar-refractivity contribution in [2.24, 2.45) is 0 Å². The predicted molar refractivity (Wildman–Crippen MR) is 87.4 cm³/mol. The van der Waals surface area contributed by atoms with Gasteiger partial charge in [-0.2, -0.15) is 0 Å². The fourth-order valence-electron chi connectivity index (χ4n) is 3.29. The van der Waals surface area contributed by atoms with E-state index in [0.717, 1.165) is 52.4 Å². The molecule has 0 amide bonds. The van der Waals surface area contributed by atoms with Crippen LogP contribution in [-0.2, 0) is 9.47 Å². The van der Waals surface area contributed by atoms with Crippen molar-refractivity contribution in [3.63, 3.8) is 0 Å². The molecule has 0 saturated carbocycles. The van der Waals surface area contributed by atoms with Crippen LogP contribution < -0.4 is 4.90 Å². The minimum absolute atomic E-state index is 0.288. The fourth-order valence-corrected chi connectivity index (χ4v) is 3.29. The first-order valence-electron chi connectivity index (χ1n) is 8.40. The Morgan fingerprint density at radius 2 is 2.18 bits per heavy atom. The molecule has 3 rings (SSSR count). The van der Waals surface area contributed by atoms with Crippen molar-refractivity contribution >= 4 is 5.69 Å². The third-order valence-corrected chi connectivity index (χ3v) is 4.57. The molecule has 1 aromatic rings. The van der Waals surface area contributed by atoms with Gasteiger partial charge in [0.05, 0.1) is 25.9 Å². The van der Waals surface area contributed by atoms with Gasteiger partial charge in [0.1, 0.15) is 0 Å². The number of nitrogens with zero attached hydrogens (tertiary/aromatic N) is 3. The number of hydrogen-bond acceptors (Lipinski definition) is 5. The van der Waals surface area contributed by atoms with Crippen LogP contribution in [0.5, 0.6) is 0 Å². The summed E-state index contributed by atoms with van der Waals surface area (Å²) in [5.41, 5.74) is 2.60. The van der Waals surface area contributed by atoms with Crippen LogP contribution in [0.3, 0.4) is 0 Å². The maximum atomic E-state index is 5.74. The van der Waals surface area contributed by atoms with Gasteiger partial charge in [-0.3, -0.25) is 4.98 Å². The zero-order valence-electron chi connectivity index (χ0n) is 13.5. The lowest BCUT2D eigenvalue weighted by Crippen LogP contribution is -2.35. The summed E-state index contributed by atoms with van der Waals surface area (Å²) < 4.78 is 11.2. The minimum Gasteiger partial charge on any atom is -0.376 e. The molecule has 2 aliphatic rings. The molecule has 122 valence electrons. The first-order valence-corrected chi connectivity index (χ1v) is 8.40. The standard InChI is InChI=1S/C17H27N3O2/c1-15-13-18-5-3-17(15)20-7-2-6-19(9-10-20)8-4-16-14-21-11-12-22-16/h3,5,13,16H,2,4,6-12,14H2,1H3. The average Bonchev–Trinajstić information content (AvgIpc) is 2.80. The molecule has 3 heterocycles. The van der Waals surface area contributed by atoms with E-state index in [2.05, 4.69) is 27.8 Å². The number of pyridine rings is 1. The Morgan fingerprint density at radius 3 is 3.00 bits per heavy atom. The molecule has 1 unspecified atom stereocenters. The highest BCUT2D eigenvalue weighted by molar-refractivity contribution is 5.51. The number of aromatic nitrogens is 1. The van der Waals surface area contributed by atoms with Crippen LogP contribution in [0.2, 0.25) is 0 Å². The van der Waals surface area contributed by atoms with Gasteiger partial charge in [-0.05, 0) is 37.9 Å². The molecule has 0 aromatic carbocycles. The van der Waals surface area contributed by atoms with Crippen LogP contribution in [0.15, 0.2) is 18.5 Å². The predicted octanol–water partition coefficient (Wildman–Crippen LogP) is 1.71. The molecule has 0 radical (unpaired) electrons. The van der Waals surface area contributed by atoms with E-state index in [0.29, 0.717) is 0 Å². The molecule has 1 aromatic heterocycles. The molecule has 0 spiro atoms. The van der Waals surface area contributed by atoms with E-state index in [4.69, 9.17) is 9.47 Å². The van der Waals surface area contributed by atoms with Crippen molar-refractivity contribution in [1.29, 1.82) is 0 Å². The summed E-state index contributed by atoms with van der Waals surface area (Å²) in [5.74, 6) is 0. The molecule has 5 nitrogen and oxygen atoms in total. The molecule has 22 heavy (non-hydrogen) atoms. The van der Waals surface area contributed by atoms with Crippen LogP contribution in [0.4, 0.5) is 5.69 Å². The van der Waals surface area contributed by atoms with Gasteiger partial charge in [0.2, 0.25) is 0 Å². The summed E-state index contributed by atoms with van der Waals surface area (Å²) >= 11 is 0. The first-order chi connectivity index (χ1) is 10.8. The molecule has 1 atom stereocenters. The third-order valence-electron chi connectivity index (χ3n) is 4.57. The monoisotopic (exact) mass is 305 g/mol. The van der Waals surface area contributed by atoms with Crippen molar-refractivity contribution in [2.75, 3.05) is 57.4 Å². The SMILES string of the molecule is Cc1cnccc1N1CCCN(CCC2COCCO2)CC1. The van der Waals surface area contributed by atoms with E-state index >= 15 is 0 Å². The van der Waals surface area contributed by atoms with Gasteiger partial charge in [0.25, 0.3) is 0 Å². The first kappa shape index (κ1) is 15.7. The maximum Gasteiger partial charge on any atom is 0.0821 e. The van der Waals surface area contributed by atoms with Gasteiger partial charge in [-0.25, -0.2) is 0 Å². The second-order valence-corrected chi connectivity index (χ2v) is 6.20. The van der Waals surface area contributed by atoms with E-state index in [9.17, 15) is 0 Å². The lowest BCUT2D eigenvalue weighted by atomic mass is 10.2. The van der Waals surface area contributed by atoms with Crippen molar-refractivity contribution < 1.29 is 9.47 Å². The lowest BCUT2D eigenvalue weighted by molar-refractivity contribution is -0.0925. The van der Waals surface area contributed by atoms with E-state index in [-0.39, 0.29) is 6.10 Å². The second kappa shape index (κ2) is 7.90. The van der Waals surface area contributed by atoms with Crippen LogP contribution >= 0.6 is 0 Å². The molecule has 2 fully saturated rings. The van der Waals surface area contributed by atoms with Gasteiger partial charge in [-0.15, -0.1) is 0 Å².